The minimum Gasteiger partial charge on any atom is -0.464 e. The normalized spacial score (nSPS) is 33.2. The van der Waals surface area contributed by atoms with E-state index >= 15 is 0 Å². The highest BCUT2D eigenvalue weighted by Crippen LogP contribution is 2.25. The Kier molecular flexibility index (Phi) is 3.34. The third kappa shape index (κ3) is 2.33. The van der Waals surface area contributed by atoms with Crippen LogP contribution in [0.4, 0.5) is 0 Å². The van der Waals surface area contributed by atoms with Crippen LogP contribution in [-0.4, -0.2) is 60.6 Å². The Morgan fingerprint density at radius 2 is 1.59 bits per heavy atom. The molecular formula is C13H22N2O2. The van der Waals surface area contributed by atoms with Gasteiger partial charge in [0, 0.05) is 38.6 Å². The number of piperazine rings is 1. The molecule has 0 aromatic carbocycles. The number of hydrogen-bond donors (Lipinski definition) is 0. The van der Waals surface area contributed by atoms with E-state index in [1.165, 1.54) is 25.7 Å². The van der Waals surface area contributed by atoms with Gasteiger partial charge in [0.2, 0.25) is 0 Å². The largest absolute Gasteiger partial charge is 0.464 e. The first-order valence-corrected chi connectivity index (χ1v) is 6.99. The fraction of sp³-hybridized carbons (Fsp3) is 0.923. The first-order valence-electron chi connectivity index (χ1n) is 6.99. The number of ether oxygens (including phenoxy) is 1. The third-order valence-electron chi connectivity index (χ3n) is 4.54. The van der Waals surface area contributed by atoms with Gasteiger partial charge in [0.1, 0.15) is 6.04 Å². The van der Waals surface area contributed by atoms with Gasteiger partial charge in [-0.05, 0) is 12.8 Å². The van der Waals surface area contributed by atoms with Crippen LogP contribution in [0, 0.1) is 0 Å². The Balaban J connectivity index is 1.51. The maximum atomic E-state index is 11.5. The topological polar surface area (TPSA) is 32.8 Å². The van der Waals surface area contributed by atoms with Crippen molar-refractivity contribution in [1.82, 2.24) is 9.80 Å². The third-order valence-corrected chi connectivity index (χ3v) is 4.54. The van der Waals surface area contributed by atoms with Crippen LogP contribution < -0.4 is 0 Å². The van der Waals surface area contributed by atoms with Crippen molar-refractivity contribution in [2.75, 3.05) is 32.8 Å². The van der Waals surface area contributed by atoms with E-state index in [0.29, 0.717) is 6.61 Å². The van der Waals surface area contributed by atoms with Crippen molar-refractivity contribution in [2.24, 2.45) is 0 Å². The summed E-state index contributed by atoms with van der Waals surface area (Å²) in [7, 11) is 0. The summed E-state index contributed by atoms with van der Waals surface area (Å²) in [6.45, 7) is 4.96. The van der Waals surface area contributed by atoms with Gasteiger partial charge in [0.05, 0.1) is 6.61 Å². The molecule has 2 heterocycles. The summed E-state index contributed by atoms with van der Waals surface area (Å²) in [5.41, 5.74) is 0. The van der Waals surface area contributed by atoms with Gasteiger partial charge in [-0.1, -0.05) is 12.8 Å². The number of esters is 1. The van der Waals surface area contributed by atoms with Crippen LogP contribution in [0.1, 0.15) is 32.1 Å². The molecule has 1 saturated carbocycles. The summed E-state index contributed by atoms with van der Waals surface area (Å²) in [6.07, 6.45) is 6.46. The minimum atomic E-state index is -0.000633. The number of carbonyl (C=O) groups is 1. The smallest absolute Gasteiger partial charge is 0.323 e. The summed E-state index contributed by atoms with van der Waals surface area (Å²) in [4.78, 5) is 16.5. The maximum absolute atomic E-state index is 11.5. The predicted molar refractivity (Wildman–Crippen MR) is 64.8 cm³/mol. The minimum absolute atomic E-state index is 0.000633. The second kappa shape index (κ2) is 4.94. The van der Waals surface area contributed by atoms with E-state index < -0.39 is 0 Å². The molecule has 2 saturated heterocycles. The average molecular weight is 238 g/mol. The van der Waals surface area contributed by atoms with E-state index in [1.54, 1.807) is 0 Å². The van der Waals surface area contributed by atoms with Crippen LogP contribution in [-0.2, 0) is 9.53 Å². The van der Waals surface area contributed by atoms with Gasteiger partial charge in [-0.2, -0.15) is 0 Å². The summed E-state index contributed by atoms with van der Waals surface area (Å²) < 4.78 is 5.05. The monoisotopic (exact) mass is 238 g/mol. The van der Waals surface area contributed by atoms with E-state index in [4.69, 9.17) is 4.74 Å². The van der Waals surface area contributed by atoms with Gasteiger partial charge in [0.15, 0.2) is 0 Å². The fourth-order valence-corrected chi connectivity index (χ4v) is 3.50. The lowest BCUT2D eigenvalue weighted by Gasteiger charge is -2.39. The second-order valence-electron chi connectivity index (χ2n) is 5.48. The number of hydrogen-bond acceptors (Lipinski definition) is 4. The fourth-order valence-electron chi connectivity index (χ4n) is 3.50. The summed E-state index contributed by atoms with van der Waals surface area (Å²) in [6, 6.07) is 0.883. The Hall–Kier alpha value is -0.610. The van der Waals surface area contributed by atoms with Gasteiger partial charge in [-0.25, -0.2) is 0 Å². The van der Waals surface area contributed by atoms with Crippen LogP contribution in [0.15, 0.2) is 0 Å². The second-order valence-corrected chi connectivity index (χ2v) is 5.48. The van der Waals surface area contributed by atoms with E-state index in [1.807, 2.05) is 0 Å². The molecule has 0 bridgehead atoms. The first kappa shape index (κ1) is 11.5. The zero-order chi connectivity index (χ0) is 11.7. The van der Waals surface area contributed by atoms with Crippen molar-refractivity contribution in [3.8, 4) is 0 Å². The van der Waals surface area contributed by atoms with Crippen LogP contribution in [0.5, 0.6) is 0 Å². The maximum Gasteiger partial charge on any atom is 0.323 e. The highest BCUT2D eigenvalue weighted by atomic mass is 16.5. The van der Waals surface area contributed by atoms with Crippen molar-refractivity contribution >= 4 is 5.97 Å². The molecule has 0 amide bonds. The number of cyclic esters (lactones) is 1. The molecule has 1 aliphatic carbocycles. The Bertz CT molecular complexity index is 281. The number of rotatable bonds is 2. The lowest BCUT2D eigenvalue weighted by Crippen LogP contribution is -2.53. The first-order chi connectivity index (χ1) is 8.34. The molecule has 0 N–H and O–H groups in total. The predicted octanol–water partition coefficient (Wildman–Crippen LogP) is 0.862. The molecule has 2 aliphatic heterocycles. The zero-order valence-corrected chi connectivity index (χ0v) is 10.4. The van der Waals surface area contributed by atoms with Crippen LogP contribution in [0.3, 0.4) is 0 Å². The Morgan fingerprint density at radius 3 is 2.18 bits per heavy atom. The molecule has 1 unspecified atom stereocenters. The van der Waals surface area contributed by atoms with E-state index in [2.05, 4.69) is 9.80 Å². The Morgan fingerprint density at radius 1 is 0.941 bits per heavy atom. The molecule has 3 rings (SSSR count). The van der Waals surface area contributed by atoms with Gasteiger partial charge in [0.25, 0.3) is 0 Å². The molecule has 96 valence electrons. The van der Waals surface area contributed by atoms with Crippen molar-refractivity contribution in [2.45, 2.75) is 44.2 Å². The molecule has 0 aromatic heterocycles. The molecular weight excluding hydrogens is 216 g/mol. The molecule has 0 spiro atoms. The van der Waals surface area contributed by atoms with Gasteiger partial charge >= 0.3 is 5.97 Å². The van der Waals surface area contributed by atoms with Crippen molar-refractivity contribution in [1.29, 1.82) is 0 Å². The SMILES string of the molecule is O=C1OCCC1N1CCN(C2CCCC2)CC1. The average Bonchev–Trinajstić information content (AvgIpc) is 3.00. The van der Waals surface area contributed by atoms with Crippen molar-refractivity contribution in [3.05, 3.63) is 0 Å². The van der Waals surface area contributed by atoms with E-state index in [9.17, 15) is 4.79 Å². The van der Waals surface area contributed by atoms with Gasteiger partial charge in [-0.3, -0.25) is 14.6 Å². The molecule has 0 aromatic rings. The van der Waals surface area contributed by atoms with Crippen LogP contribution in [0.2, 0.25) is 0 Å². The lowest BCUT2D eigenvalue weighted by atomic mass is 10.1. The highest BCUT2D eigenvalue weighted by Gasteiger charge is 2.35. The van der Waals surface area contributed by atoms with Crippen molar-refractivity contribution < 1.29 is 9.53 Å². The highest BCUT2D eigenvalue weighted by molar-refractivity contribution is 5.77. The summed E-state index contributed by atoms with van der Waals surface area (Å²) in [5, 5.41) is 0. The quantitative estimate of drug-likeness (QED) is 0.668. The van der Waals surface area contributed by atoms with Crippen molar-refractivity contribution in [3.63, 3.8) is 0 Å². The molecule has 1 atom stereocenters. The van der Waals surface area contributed by atoms with Crippen LogP contribution >= 0.6 is 0 Å². The molecule has 0 radical (unpaired) electrons. The summed E-state index contributed by atoms with van der Waals surface area (Å²) >= 11 is 0. The summed E-state index contributed by atoms with van der Waals surface area (Å²) in [5.74, 6) is -0.000633. The molecule has 4 nitrogen and oxygen atoms in total. The lowest BCUT2D eigenvalue weighted by molar-refractivity contribution is -0.142. The number of carbonyl (C=O) groups excluding carboxylic acids is 1. The molecule has 4 heteroatoms. The zero-order valence-electron chi connectivity index (χ0n) is 10.4. The number of nitrogens with zero attached hydrogens (tertiary/aromatic N) is 2. The van der Waals surface area contributed by atoms with Crippen LogP contribution in [0.25, 0.3) is 0 Å². The Labute approximate surface area is 103 Å². The molecule has 3 aliphatic rings. The van der Waals surface area contributed by atoms with Gasteiger partial charge in [-0.15, -0.1) is 0 Å². The van der Waals surface area contributed by atoms with E-state index in [0.717, 1.165) is 38.6 Å². The molecule has 3 fully saturated rings. The van der Waals surface area contributed by atoms with Gasteiger partial charge < -0.3 is 4.74 Å². The molecule has 17 heavy (non-hydrogen) atoms. The standard InChI is InChI=1S/C13H22N2O2/c16-13-12(5-10-17-13)15-8-6-14(7-9-15)11-3-1-2-4-11/h11-12H,1-10H2. The van der Waals surface area contributed by atoms with E-state index in [-0.39, 0.29) is 12.0 Å².